The molecule has 2 aromatic carbocycles. The maximum Gasteiger partial charge on any atom is 0.257 e. The third-order valence-electron chi connectivity index (χ3n) is 3.59. The molecule has 136 valence electrons. The van der Waals surface area contributed by atoms with Gasteiger partial charge in [0, 0.05) is 35.2 Å². The van der Waals surface area contributed by atoms with Crippen molar-refractivity contribution in [3.05, 3.63) is 77.4 Å². The van der Waals surface area contributed by atoms with Crippen LogP contribution in [0, 0.1) is 0 Å². The molecule has 0 saturated carbocycles. The number of carbonyl (C=O) groups is 2. The molecule has 2 amide bonds. The van der Waals surface area contributed by atoms with E-state index in [2.05, 4.69) is 20.9 Å². The number of carbonyl (C=O) groups excluding carboxylic acids is 2. The maximum atomic E-state index is 12.3. The highest BCUT2D eigenvalue weighted by Crippen LogP contribution is 2.19. The smallest absolute Gasteiger partial charge is 0.257 e. The Morgan fingerprint density at radius 1 is 0.889 bits per heavy atom. The summed E-state index contributed by atoms with van der Waals surface area (Å²) in [4.78, 5) is 27.6. The van der Waals surface area contributed by atoms with E-state index in [-0.39, 0.29) is 11.8 Å². The lowest BCUT2D eigenvalue weighted by molar-refractivity contribution is -0.114. The van der Waals surface area contributed by atoms with Gasteiger partial charge >= 0.3 is 0 Å². The van der Waals surface area contributed by atoms with Gasteiger partial charge in [-0.25, -0.2) is 4.98 Å². The molecule has 3 aromatic rings. The van der Waals surface area contributed by atoms with Gasteiger partial charge in [-0.2, -0.15) is 0 Å². The highest BCUT2D eigenvalue weighted by atomic mass is 35.5. The van der Waals surface area contributed by atoms with Crippen molar-refractivity contribution in [3.63, 3.8) is 0 Å². The van der Waals surface area contributed by atoms with Gasteiger partial charge in [0.25, 0.3) is 5.91 Å². The molecular formula is C20H17ClN4O2. The average molecular weight is 381 g/mol. The van der Waals surface area contributed by atoms with Crippen LogP contribution >= 0.6 is 11.6 Å². The van der Waals surface area contributed by atoms with Gasteiger partial charge in [-0.3, -0.25) is 9.59 Å². The van der Waals surface area contributed by atoms with E-state index in [4.69, 9.17) is 11.6 Å². The van der Waals surface area contributed by atoms with E-state index in [9.17, 15) is 9.59 Å². The Morgan fingerprint density at radius 2 is 1.63 bits per heavy atom. The SMILES string of the molecule is CC(=O)Nc1ccc(Nc2ccc(C(=O)Nc3cccc(Cl)c3)cn2)cc1. The van der Waals surface area contributed by atoms with Gasteiger partial charge in [0.05, 0.1) is 5.56 Å². The number of pyridine rings is 1. The normalized spacial score (nSPS) is 10.1. The van der Waals surface area contributed by atoms with Gasteiger partial charge in [0.15, 0.2) is 0 Å². The summed E-state index contributed by atoms with van der Waals surface area (Å²) in [6.45, 7) is 1.46. The summed E-state index contributed by atoms with van der Waals surface area (Å²) in [5.41, 5.74) is 2.58. The number of hydrogen-bond donors (Lipinski definition) is 3. The van der Waals surface area contributed by atoms with Crippen LogP contribution in [0.25, 0.3) is 0 Å². The van der Waals surface area contributed by atoms with Crippen LogP contribution in [-0.4, -0.2) is 16.8 Å². The zero-order valence-electron chi connectivity index (χ0n) is 14.5. The van der Waals surface area contributed by atoms with Gasteiger partial charge in [-0.15, -0.1) is 0 Å². The fourth-order valence-corrected chi connectivity index (χ4v) is 2.55. The molecule has 0 fully saturated rings. The maximum absolute atomic E-state index is 12.3. The second-order valence-electron chi connectivity index (χ2n) is 5.78. The number of amides is 2. The second-order valence-corrected chi connectivity index (χ2v) is 6.22. The van der Waals surface area contributed by atoms with Gasteiger partial charge in [0.2, 0.25) is 5.91 Å². The highest BCUT2D eigenvalue weighted by Gasteiger charge is 2.07. The summed E-state index contributed by atoms with van der Waals surface area (Å²) in [5, 5.41) is 9.16. The first-order valence-corrected chi connectivity index (χ1v) is 8.55. The van der Waals surface area contributed by atoms with Crippen molar-refractivity contribution in [1.82, 2.24) is 4.98 Å². The van der Waals surface area contributed by atoms with Crippen molar-refractivity contribution in [3.8, 4) is 0 Å². The summed E-state index contributed by atoms with van der Waals surface area (Å²) in [6, 6.07) is 17.6. The zero-order chi connectivity index (χ0) is 19.2. The second kappa shape index (κ2) is 8.33. The summed E-state index contributed by atoms with van der Waals surface area (Å²) >= 11 is 5.91. The topological polar surface area (TPSA) is 83.1 Å². The standard InChI is InChI=1S/C20H17ClN4O2/c1-13(26)23-16-6-8-17(9-7-16)24-19-10-5-14(12-22-19)20(27)25-18-4-2-3-15(21)11-18/h2-12H,1H3,(H,22,24)(H,23,26)(H,25,27). The average Bonchev–Trinajstić information content (AvgIpc) is 2.63. The Kier molecular flexibility index (Phi) is 5.68. The van der Waals surface area contributed by atoms with Gasteiger partial charge in [-0.1, -0.05) is 17.7 Å². The van der Waals surface area contributed by atoms with E-state index in [0.717, 1.165) is 5.69 Å². The number of halogens is 1. The van der Waals surface area contributed by atoms with Crippen molar-refractivity contribution in [2.45, 2.75) is 6.92 Å². The van der Waals surface area contributed by atoms with Crippen LogP contribution < -0.4 is 16.0 Å². The van der Waals surface area contributed by atoms with Crippen LogP contribution in [0.3, 0.4) is 0 Å². The number of nitrogens with zero attached hydrogens (tertiary/aromatic N) is 1. The van der Waals surface area contributed by atoms with Crippen LogP contribution in [0.2, 0.25) is 5.02 Å². The minimum absolute atomic E-state index is 0.121. The van der Waals surface area contributed by atoms with Crippen molar-refractivity contribution in [1.29, 1.82) is 0 Å². The third kappa shape index (κ3) is 5.29. The third-order valence-corrected chi connectivity index (χ3v) is 3.82. The monoisotopic (exact) mass is 380 g/mol. The lowest BCUT2D eigenvalue weighted by Gasteiger charge is -2.09. The lowest BCUT2D eigenvalue weighted by atomic mass is 10.2. The van der Waals surface area contributed by atoms with Gasteiger partial charge in [0.1, 0.15) is 5.82 Å². The van der Waals surface area contributed by atoms with Crippen molar-refractivity contribution in [2.24, 2.45) is 0 Å². The highest BCUT2D eigenvalue weighted by molar-refractivity contribution is 6.31. The molecule has 0 atom stereocenters. The summed E-state index contributed by atoms with van der Waals surface area (Å²) in [5.74, 6) is 0.210. The Hall–Kier alpha value is -3.38. The molecule has 7 heteroatoms. The molecule has 1 aromatic heterocycles. The van der Waals surface area contributed by atoms with Crippen LogP contribution in [0.4, 0.5) is 22.9 Å². The number of aromatic nitrogens is 1. The molecule has 0 aliphatic rings. The molecule has 3 rings (SSSR count). The number of benzene rings is 2. The number of hydrogen-bond acceptors (Lipinski definition) is 4. The summed E-state index contributed by atoms with van der Waals surface area (Å²) in [6.07, 6.45) is 1.49. The zero-order valence-corrected chi connectivity index (χ0v) is 15.2. The van der Waals surface area contributed by atoms with Crippen LogP contribution in [0.1, 0.15) is 17.3 Å². The lowest BCUT2D eigenvalue weighted by Crippen LogP contribution is -2.12. The molecule has 1 heterocycles. The van der Waals surface area contributed by atoms with Gasteiger partial charge < -0.3 is 16.0 Å². The van der Waals surface area contributed by atoms with Crippen molar-refractivity contribution in [2.75, 3.05) is 16.0 Å². The fraction of sp³-hybridized carbons (Fsp3) is 0.0500. The molecule has 0 spiro atoms. The molecule has 0 saturated heterocycles. The van der Waals surface area contributed by atoms with E-state index in [1.165, 1.54) is 13.1 Å². The summed E-state index contributed by atoms with van der Waals surface area (Å²) in [7, 11) is 0. The van der Waals surface area contributed by atoms with Gasteiger partial charge in [-0.05, 0) is 54.6 Å². The molecule has 6 nitrogen and oxygen atoms in total. The predicted molar refractivity (Wildman–Crippen MR) is 108 cm³/mol. The quantitative estimate of drug-likeness (QED) is 0.599. The fourth-order valence-electron chi connectivity index (χ4n) is 2.36. The first-order valence-electron chi connectivity index (χ1n) is 8.17. The van der Waals surface area contributed by atoms with E-state index in [1.807, 2.05) is 12.1 Å². The number of rotatable bonds is 5. The Labute approximate surface area is 161 Å². The molecule has 27 heavy (non-hydrogen) atoms. The Morgan fingerprint density at radius 3 is 2.26 bits per heavy atom. The minimum atomic E-state index is -0.268. The number of nitrogens with one attached hydrogen (secondary N) is 3. The molecule has 0 aliphatic carbocycles. The van der Waals surface area contributed by atoms with E-state index in [0.29, 0.717) is 27.8 Å². The van der Waals surface area contributed by atoms with E-state index >= 15 is 0 Å². The van der Waals surface area contributed by atoms with E-state index < -0.39 is 0 Å². The number of anilines is 4. The molecule has 0 aliphatic heterocycles. The first-order chi connectivity index (χ1) is 13.0. The van der Waals surface area contributed by atoms with Crippen LogP contribution in [-0.2, 0) is 4.79 Å². The summed E-state index contributed by atoms with van der Waals surface area (Å²) < 4.78 is 0. The molecular weight excluding hydrogens is 364 g/mol. The van der Waals surface area contributed by atoms with Crippen LogP contribution in [0.15, 0.2) is 66.9 Å². The van der Waals surface area contributed by atoms with Crippen LogP contribution in [0.5, 0.6) is 0 Å². The predicted octanol–water partition coefficient (Wildman–Crippen LogP) is 4.69. The minimum Gasteiger partial charge on any atom is -0.340 e. The molecule has 0 radical (unpaired) electrons. The van der Waals surface area contributed by atoms with Crippen molar-refractivity contribution < 1.29 is 9.59 Å². The molecule has 0 unspecified atom stereocenters. The van der Waals surface area contributed by atoms with Crippen molar-refractivity contribution >= 4 is 46.3 Å². The Balaban J connectivity index is 1.62. The molecule has 3 N–H and O–H groups in total. The first kappa shape index (κ1) is 18.4. The van der Waals surface area contributed by atoms with E-state index in [1.54, 1.807) is 48.5 Å². The Bertz CT molecular complexity index is 956. The largest absolute Gasteiger partial charge is 0.340 e. The molecule has 0 bridgehead atoms.